The number of aryl methyl sites for hydroxylation is 1. The summed E-state index contributed by atoms with van der Waals surface area (Å²) in [6.45, 7) is 3.01. The minimum atomic E-state index is -0.238. The van der Waals surface area contributed by atoms with Gasteiger partial charge in [0, 0.05) is 25.7 Å². The summed E-state index contributed by atoms with van der Waals surface area (Å²) in [4.78, 5) is 14.2. The Morgan fingerprint density at radius 1 is 1.45 bits per heavy atom. The topological polar surface area (TPSA) is 64.2 Å². The van der Waals surface area contributed by atoms with Gasteiger partial charge in [-0.25, -0.2) is 4.68 Å². The molecule has 1 aromatic rings. The molecule has 1 aliphatic carbocycles. The van der Waals surface area contributed by atoms with Gasteiger partial charge in [0.05, 0.1) is 11.9 Å². The van der Waals surface area contributed by atoms with E-state index in [0.717, 1.165) is 44.3 Å². The molecule has 20 heavy (non-hydrogen) atoms. The summed E-state index contributed by atoms with van der Waals surface area (Å²) in [6, 6.07) is 0.716. The highest BCUT2D eigenvalue weighted by Gasteiger charge is 2.26. The Kier molecular flexibility index (Phi) is 5.05. The van der Waals surface area contributed by atoms with Crippen molar-refractivity contribution in [1.82, 2.24) is 9.78 Å². The molecule has 1 saturated carbocycles. The molecule has 0 aromatic carbocycles. The van der Waals surface area contributed by atoms with E-state index in [2.05, 4.69) is 16.9 Å². The molecule has 5 nitrogen and oxygen atoms in total. The first-order valence-electron chi connectivity index (χ1n) is 7.28. The molecule has 2 N–H and O–H groups in total. The van der Waals surface area contributed by atoms with Gasteiger partial charge in [-0.05, 0) is 32.1 Å². The number of halogens is 1. The predicted molar refractivity (Wildman–Crippen MR) is 82.4 cm³/mol. The summed E-state index contributed by atoms with van der Waals surface area (Å²) in [6.07, 6.45) is 6.86. The van der Waals surface area contributed by atoms with Crippen LogP contribution < -0.4 is 16.2 Å². The maximum Gasteiger partial charge on any atom is 0.287 e. The first-order chi connectivity index (χ1) is 9.54. The zero-order valence-corrected chi connectivity index (χ0v) is 12.9. The second-order valence-corrected chi connectivity index (χ2v) is 5.91. The number of hydrogen-bond acceptors (Lipinski definition) is 4. The van der Waals surface area contributed by atoms with Gasteiger partial charge in [0.2, 0.25) is 0 Å². The predicted octanol–water partition coefficient (Wildman–Crippen LogP) is 1.92. The van der Waals surface area contributed by atoms with Crippen LogP contribution in [0.1, 0.15) is 39.0 Å². The van der Waals surface area contributed by atoms with Crippen molar-refractivity contribution in [2.45, 2.75) is 51.1 Å². The molecule has 0 saturated heterocycles. The molecule has 1 aromatic heterocycles. The van der Waals surface area contributed by atoms with Gasteiger partial charge in [0.25, 0.3) is 5.56 Å². The first-order valence-corrected chi connectivity index (χ1v) is 7.66. The number of nitrogens with zero attached hydrogens (tertiary/aromatic N) is 3. The Balaban J connectivity index is 2.29. The molecule has 2 rings (SSSR count). The molecule has 0 atom stereocenters. The van der Waals surface area contributed by atoms with Crippen LogP contribution >= 0.6 is 11.6 Å². The summed E-state index contributed by atoms with van der Waals surface area (Å²) in [5.41, 5.74) is 6.50. The standard InChI is InChI=1S/C14H23ClN4O/c1-3-8-19(11-6-4-10(16)5-7-11)12-9-17-18(2)14(20)13(12)15/h9-11H,3-8,16H2,1-2H3. The lowest BCUT2D eigenvalue weighted by Crippen LogP contribution is -2.42. The third kappa shape index (κ3) is 3.15. The summed E-state index contributed by atoms with van der Waals surface area (Å²) in [5.74, 6) is 0. The average Bonchev–Trinajstić information content (AvgIpc) is 2.44. The van der Waals surface area contributed by atoms with Crippen LogP contribution in [-0.2, 0) is 7.05 Å². The minimum absolute atomic E-state index is 0.238. The highest BCUT2D eigenvalue weighted by molar-refractivity contribution is 6.33. The molecular weight excluding hydrogens is 276 g/mol. The van der Waals surface area contributed by atoms with Crippen LogP contribution in [0.5, 0.6) is 0 Å². The second-order valence-electron chi connectivity index (χ2n) is 5.53. The SMILES string of the molecule is CCCN(c1cnn(C)c(=O)c1Cl)C1CCC(N)CC1. The van der Waals surface area contributed by atoms with Crippen LogP contribution in [-0.4, -0.2) is 28.4 Å². The smallest absolute Gasteiger partial charge is 0.287 e. The van der Waals surface area contributed by atoms with Gasteiger partial charge in [-0.15, -0.1) is 0 Å². The Hall–Kier alpha value is -1.07. The zero-order valence-electron chi connectivity index (χ0n) is 12.2. The van der Waals surface area contributed by atoms with Crippen LogP contribution in [0.15, 0.2) is 11.0 Å². The lowest BCUT2D eigenvalue weighted by atomic mass is 9.90. The number of aromatic nitrogens is 2. The fraction of sp³-hybridized carbons (Fsp3) is 0.714. The van der Waals surface area contributed by atoms with E-state index in [1.807, 2.05) is 0 Å². The zero-order chi connectivity index (χ0) is 14.7. The summed E-state index contributed by atoms with van der Waals surface area (Å²) >= 11 is 6.24. The van der Waals surface area contributed by atoms with Crippen molar-refractivity contribution in [3.8, 4) is 0 Å². The van der Waals surface area contributed by atoms with Gasteiger partial charge in [-0.1, -0.05) is 18.5 Å². The second kappa shape index (κ2) is 6.59. The van der Waals surface area contributed by atoms with E-state index in [4.69, 9.17) is 17.3 Å². The summed E-state index contributed by atoms with van der Waals surface area (Å²) in [5, 5.41) is 4.38. The van der Waals surface area contributed by atoms with E-state index in [9.17, 15) is 4.79 Å². The Bertz CT molecular complexity index is 508. The van der Waals surface area contributed by atoms with Crippen LogP contribution in [0, 0.1) is 0 Å². The van der Waals surface area contributed by atoms with Crippen molar-refractivity contribution in [2.24, 2.45) is 12.8 Å². The van der Waals surface area contributed by atoms with Gasteiger partial charge < -0.3 is 10.6 Å². The monoisotopic (exact) mass is 298 g/mol. The largest absolute Gasteiger partial charge is 0.366 e. The van der Waals surface area contributed by atoms with E-state index in [1.165, 1.54) is 4.68 Å². The Morgan fingerprint density at radius 3 is 2.70 bits per heavy atom. The molecule has 1 fully saturated rings. The first kappa shape index (κ1) is 15.3. The molecular formula is C14H23ClN4O. The van der Waals surface area contributed by atoms with Crippen molar-refractivity contribution in [2.75, 3.05) is 11.4 Å². The Labute approximate surface area is 124 Å². The minimum Gasteiger partial charge on any atom is -0.366 e. The van der Waals surface area contributed by atoms with Crippen LogP contribution in [0.4, 0.5) is 5.69 Å². The van der Waals surface area contributed by atoms with Gasteiger partial charge in [-0.3, -0.25) is 4.79 Å². The van der Waals surface area contributed by atoms with Crippen LogP contribution in [0.2, 0.25) is 5.02 Å². The van der Waals surface area contributed by atoms with Gasteiger partial charge in [0.1, 0.15) is 5.02 Å². The van der Waals surface area contributed by atoms with E-state index >= 15 is 0 Å². The summed E-state index contributed by atoms with van der Waals surface area (Å²) < 4.78 is 1.27. The van der Waals surface area contributed by atoms with Crippen molar-refractivity contribution in [3.05, 3.63) is 21.6 Å². The number of hydrogen-bond donors (Lipinski definition) is 1. The van der Waals surface area contributed by atoms with Gasteiger partial charge >= 0.3 is 0 Å². The van der Waals surface area contributed by atoms with Crippen molar-refractivity contribution < 1.29 is 0 Å². The van der Waals surface area contributed by atoms with E-state index in [1.54, 1.807) is 13.2 Å². The number of rotatable bonds is 4. The van der Waals surface area contributed by atoms with Crippen molar-refractivity contribution in [1.29, 1.82) is 0 Å². The van der Waals surface area contributed by atoms with Crippen LogP contribution in [0.3, 0.4) is 0 Å². The molecule has 0 bridgehead atoms. The molecule has 112 valence electrons. The average molecular weight is 299 g/mol. The van der Waals surface area contributed by atoms with E-state index in [-0.39, 0.29) is 10.6 Å². The van der Waals surface area contributed by atoms with Crippen molar-refractivity contribution in [3.63, 3.8) is 0 Å². The lowest BCUT2D eigenvalue weighted by molar-refractivity contribution is 0.375. The molecule has 6 heteroatoms. The third-order valence-electron chi connectivity index (χ3n) is 4.02. The van der Waals surface area contributed by atoms with Gasteiger partial charge in [-0.2, -0.15) is 5.10 Å². The fourth-order valence-electron chi connectivity index (χ4n) is 2.86. The fourth-order valence-corrected chi connectivity index (χ4v) is 3.14. The molecule has 1 heterocycles. The maximum atomic E-state index is 12.0. The normalized spacial score (nSPS) is 22.8. The molecule has 0 aliphatic heterocycles. The van der Waals surface area contributed by atoms with Crippen molar-refractivity contribution >= 4 is 17.3 Å². The Morgan fingerprint density at radius 2 is 2.10 bits per heavy atom. The van der Waals surface area contributed by atoms with E-state index in [0.29, 0.717) is 12.1 Å². The quantitative estimate of drug-likeness (QED) is 0.922. The molecule has 0 radical (unpaired) electrons. The molecule has 0 spiro atoms. The lowest BCUT2D eigenvalue weighted by Gasteiger charge is -2.37. The van der Waals surface area contributed by atoms with Gasteiger partial charge in [0.15, 0.2) is 0 Å². The van der Waals surface area contributed by atoms with Crippen LogP contribution in [0.25, 0.3) is 0 Å². The number of nitrogens with two attached hydrogens (primary N) is 1. The highest BCUT2D eigenvalue weighted by Crippen LogP contribution is 2.29. The third-order valence-corrected chi connectivity index (χ3v) is 4.37. The highest BCUT2D eigenvalue weighted by atomic mass is 35.5. The summed E-state index contributed by atoms with van der Waals surface area (Å²) in [7, 11) is 1.61. The molecule has 1 aliphatic rings. The van der Waals surface area contributed by atoms with E-state index < -0.39 is 0 Å². The molecule has 0 amide bonds. The number of anilines is 1. The maximum absolute atomic E-state index is 12.0. The molecule has 0 unspecified atom stereocenters.